The summed E-state index contributed by atoms with van der Waals surface area (Å²) in [6, 6.07) is 7.71. The van der Waals surface area contributed by atoms with Crippen LogP contribution in [0.2, 0.25) is 0 Å². The quantitative estimate of drug-likeness (QED) is 0.236. The van der Waals surface area contributed by atoms with Gasteiger partial charge >= 0.3 is 0 Å². The van der Waals surface area contributed by atoms with Gasteiger partial charge in [0.05, 0.1) is 48.1 Å². The number of nitrogens with zero attached hydrogens (tertiary/aromatic N) is 1. The molecule has 1 aromatic heterocycles. The van der Waals surface area contributed by atoms with Crippen molar-refractivity contribution in [3.63, 3.8) is 0 Å². The van der Waals surface area contributed by atoms with Crippen LogP contribution in [0, 0.1) is 11.6 Å². The lowest BCUT2D eigenvalue weighted by Gasteiger charge is -2.42. The lowest BCUT2D eigenvalue weighted by atomic mass is 9.97. The molecule has 1 aliphatic heterocycles. The zero-order valence-corrected chi connectivity index (χ0v) is 21.3. The second kappa shape index (κ2) is 11.7. The molecular formula is C26H32F2N4O4S. The third-order valence-electron chi connectivity index (χ3n) is 6.47. The van der Waals surface area contributed by atoms with Crippen molar-refractivity contribution < 1.29 is 27.8 Å². The molecule has 0 radical (unpaired) electrons. The fourth-order valence-electron chi connectivity index (χ4n) is 4.63. The van der Waals surface area contributed by atoms with Gasteiger partial charge < -0.3 is 20.7 Å². The second-order valence-corrected chi connectivity index (χ2v) is 11.6. The van der Waals surface area contributed by atoms with Crippen molar-refractivity contribution in [3.8, 4) is 0 Å². The number of aromatic nitrogens is 2. The lowest BCUT2D eigenvalue weighted by molar-refractivity contribution is -0.122. The molecule has 0 unspecified atom stereocenters. The number of imidazole rings is 1. The van der Waals surface area contributed by atoms with E-state index in [9.17, 15) is 27.8 Å². The van der Waals surface area contributed by atoms with E-state index in [4.69, 9.17) is 0 Å². The van der Waals surface area contributed by atoms with Crippen LogP contribution in [-0.2, 0) is 29.8 Å². The van der Waals surface area contributed by atoms with Crippen LogP contribution in [0.1, 0.15) is 40.9 Å². The van der Waals surface area contributed by atoms with Crippen LogP contribution in [0.3, 0.4) is 0 Å². The third kappa shape index (κ3) is 7.36. The smallest absolute Gasteiger partial charge is 0.226 e. The van der Waals surface area contributed by atoms with Crippen LogP contribution in [0.25, 0.3) is 0 Å². The van der Waals surface area contributed by atoms with Gasteiger partial charge in [0.2, 0.25) is 5.91 Å². The number of rotatable bonds is 10. The molecule has 8 nitrogen and oxygen atoms in total. The van der Waals surface area contributed by atoms with E-state index in [0.717, 1.165) is 41.3 Å². The maximum Gasteiger partial charge on any atom is 0.226 e. The molecule has 0 saturated heterocycles. The highest BCUT2D eigenvalue weighted by molar-refractivity contribution is 8.23. The molecule has 37 heavy (non-hydrogen) atoms. The van der Waals surface area contributed by atoms with Crippen molar-refractivity contribution in [1.29, 1.82) is 0 Å². The SMILES string of the molecule is CCc1ccc2c(c1)[C@@H](NC[C@@H](O)[C@H](Cc1cc(F)cc(F)c1)NC(=O)Cc1c[nH]cn1)CS(O)(O)C2. The van der Waals surface area contributed by atoms with Crippen LogP contribution in [0.5, 0.6) is 0 Å². The van der Waals surface area contributed by atoms with Gasteiger partial charge in [-0.2, -0.15) is 10.6 Å². The van der Waals surface area contributed by atoms with E-state index in [1.807, 2.05) is 25.1 Å². The number of H-pyrrole nitrogens is 1. The average Bonchev–Trinajstić information content (AvgIpc) is 3.33. The van der Waals surface area contributed by atoms with Gasteiger partial charge in [-0.3, -0.25) is 13.9 Å². The highest BCUT2D eigenvalue weighted by Crippen LogP contribution is 2.50. The van der Waals surface area contributed by atoms with E-state index in [2.05, 4.69) is 20.6 Å². The number of hydrogen-bond donors (Lipinski definition) is 6. The van der Waals surface area contributed by atoms with Gasteiger partial charge in [-0.15, -0.1) is 0 Å². The van der Waals surface area contributed by atoms with Crippen LogP contribution < -0.4 is 10.6 Å². The largest absolute Gasteiger partial charge is 0.390 e. The number of aryl methyl sites for hydroxylation is 1. The summed E-state index contributed by atoms with van der Waals surface area (Å²) in [5, 5.41) is 17.1. The standard InChI is InChI=1S/C26H32F2N4O4S/c1-2-16-3-4-18-13-37(35,36)14-24(22(18)7-16)30-12-25(33)23(8-17-5-19(27)9-20(28)6-17)32-26(34)10-21-11-29-15-31-21/h3-7,9,11,15,23-25,30,33,35-36H,2,8,10,12-14H2,1H3,(H,29,31)(H,32,34)/t23-,24-,25+/m0/s1. The number of aliphatic hydroxyl groups is 1. The topological polar surface area (TPSA) is 130 Å². The molecule has 200 valence electrons. The summed E-state index contributed by atoms with van der Waals surface area (Å²) in [6.07, 6.45) is 2.67. The molecule has 1 aliphatic rings. The molecule has 3 atom stereocenters. The maximum absolute atomic E-state index is 13.8. The minimum absolute atomic E-state index is 0.00112. The molecule has 11 heteroatoms. The average molecular weight is 535 g/mol. The molecule has 1 amide bonds. The fourth-order valence-corrected chi connectivity index (χ4v) is 6.34. The molecule has 2 heterocycles. The molecule has 2 aromatic carbocycles. The summed E-state index contributed by atoms with van der Waals surface area (Å²) in [5.41, 5.74) is 3.70. The highest BCUT2D eigenvalue weighted by atomic mass is 32.3. The first-order chi connectivity index (χ1) is 17.6. The molecule has 4 rings (SSSR count). The summed E-state index contributed by atoms with van der Waals surface area (Å²) < 4.78 is 48.6. The van der Waals surface area contributed by atoms with Crippen LogP contribution in [0.15, 0.2) is 48.9 Å². The van der Waals surface area contributed by atoms with Gasteiger partial charge in [0.15, 0.2) is 0 Å². The Hall–Kier alpha value is -2.83. The first-order valence-corrected chi connectivity index (χ1v) is 14.0. The monoisotopic (exact) mass is 534 g/mol. The van der Waals surface area contributed by atoms with Crippen LogP contribution >= 0.6 is 10.6 Å². The predicted octanol–water partition coefficient (Wildman–Crippen LogP) is 3.48. The van der Waals surface area contributed by atoms with Gasteiger partial charge in [0.25, 0.3) is 0 Å². The Bertz CT molecular complexity index is 1210. The van der Waals surface area contributed by atoms with Crippen molar-refractivity contribution in [1.82, 2.24) is 20.6 Å². The number of fused-ring (bicyclic) bond motifs is 1. The Morgan fingerprint density at radius 2 is 1.95 bits per heavy atom. The normalized spacial score (nSPS) is 19.0. The molecule has 0 fully saturated rings. The zero-order chi connectivity index (χ0) is 26.6. The number of nitrogens with one attached hydrogen (secondary N) is 3. The first kappa shape index (κ1) is 27.2. The molecule has 3 aromatic rings. The number of carbonyl (C=O) groups is 1. The Labute approximate surface area is 215 Å². The van der Waals surface area contributed by atoms with Gasteiger partial charge in [0.1, 0.15) is 11.6 Å². The molecule has 0 bridgehead atoms. The van der Waals surface area contributed by atoms with Crippen molar-refractivity contribution in [2.75, 3.05) is 12.3 Å². The molecule has 0 spiro atoms. The van der Waals surface area contributed by atoms with Gasteiger partial charge in [-0.1, -0.05) is 25.1 Å². The summed E-state index contributed by atoms with van der Waals surface area (Å²) in [6.45, 7) is 2.04. The predicted molar refractivity (Wildman–Crippen MR) is 138 cm³/mol. The van der Waals surface area contributed by atoms with Crippen molar-refractivity contribution in [3.05, 3.63) is 88.5 Å². The van der Waals surface area contributed by atoms with Crippen molar-refractivity contribution >= 4 is 16.5 Å². The fraction of sp³-hybridized carbons (Fsp3) is 0.385. The van der Waals surface area contributed by atoms with E-state index >= 15 is 0 Å². The lowest BCUT2D eigenvalue weighted by Crippen LogP contribution is -2.50. The highest BCUT2D eigenvalue weighted by Gasteiger charge is 2.31. The van der Waals surface area contributed by atoms with E-state index in [-0.39, 0.29) is 36.5 Å². The molecule has 6 N–H and O–H groups in total. The maximum atomic E-state index is 13.8. The summed E-state index contributed by atoms with van der Waals surface area (Å²) >= 11 is 0. The summed E-state index contributed by atoms with van der Waals surface area (Å²) in [7, 11) is -2.85. The Morgan fingerprint density at radius 3 is 2.62 bits per heavy atom. The molecule has 0 aliphatic carbocycles. The van der Waals surface area contributed by atoms with E-state index < -0.39 is 46.3 Å². The molecule has 0 saturated carbocycles. The number of amides is 1. The van der Waals surface area contributed by atoms with E-state index in [0.29, 0.717) is 5.69 Å². The van der Waals surface area contributed by atoms with E-state index in [1.54, 1.807) is 6.20 Å². The van der Waals surface area contributed by atoms with Gasteiger partial charge in [0, 0.05) is 18.8 Å². The van der Waals surface area contributed by atoms with Crippen LogP contribution in [-0.4, -0.2) is 54.5 Å². The summed E-state index contributed by atoms with van der Waals surface area (Å²) in [4.78, 5) is 19.5. The number of aromatic amines is 1. The molecular weight excluding hydrogens is 502 g/mol. The van der Waals surface area contributed by atoms with Gasteiger partial charge in [-0.25, -0.2) is 13.8 Å². The second-order valence-electron chi connectivity index (χ2n) is 9.42. The van der Waals surface area contributed by atoms with Gasteiger partial charge in [-0.05, 0) is 47.2 Å². The zero-order valence-electron chi connectivity index (χ0n) is 20.5. The Kier molecular flexibility index (Phi) is 8.60. The minimum Gasteiger partial charge on any atom is -0.390 e. The minimum atomic E-state index is -2.85. The van der Waals surface area contributed by atoms with E-state index in [1.165, 1.54) is 6.33 Å². The number of aliphatic hydroxyl groups excluding tert-OH is 1. The number of benzene rings is 2. The number of carbonyl (C=O) groups excluding carboxylic acids is 1. The number of hydrogen-bond acceptors (Lipinski definition) is 6. The first-order valence-electron chi connectivity index (χ1n) is 12.1. The van der Waals surface area contributed by atoms with Crippen molar-refractivity contribution in [2.45, 2.75) is 50.1 Å². The number of halogens is 2. The third-order valence-corrected chi connectivity index (χ3v) is 8.11. The van der Waals surface area contributed by atoms with Crippen molar-refractivity contribution in [2.24, 2.45) is 0 Å². The van der Waals surface area contributed by atoms with Crippen LogP contribution in [0.4, 0.5) is 8.78 Å². The Balaban J connectivity index is 1.50. The Morgan fingerprint density at radius 1 is 1.19 bits per heavy atom. The summed E-state index contributed by atoms with van der Waals surface area (Å²) in [5.74, 6) is -1.62.